The molecule has 0 aromatic heterocycles. The van der Waals surface area contributed by atoms with Crippen LogP contribution in [0.1, 0.15) is 51.9 Å². The minimum Gasteiger partial charge on any atom is -0.479 e. The highest BCUT2D eigenvalue weighted by Crippen LogP contribution is 2.36. The summed E-state index contributed by atoms with van der Waals surface area (Å²) in [5, 5.41) is 9.43. The molecule has 0 aromatic carbocycles. The summed E-state index contributed by atoms with van der Waals surface area (Å²) in [6, 6.07) is 0. The Morgan fingerprint density at radius 1 is 1.29 bits per heavy atom. The van der Waals surface area contributed by atoms with E-state index in [1.54, 1.807) is 4.90 Å². The fraction of sp³-hybridized carbons (Fsp3) is 0.846. The van der Waals surface area contributed by atoms with Crippen LogP contribution in [0.15, 0.2) is 0 Å². The molecule has 4 heteroatoms. The Morgan fingerprint density at radius 2 is 1.94 bits per heavy atom. The molecule has 0 spiro atoms. The maximum absolute atomic E-state index is 12.4. The van der Waals surface area contributed by atoms with Crippen LogP contribution in [-0.2, 0) is 9.59 Å². The van der Waals surface area contributed by atoms with Crippen LogP contribution < -0.4 is 0 Å². The van der Waals surface area contributed by atoms with Gasteiger partial charge < -0.3 is 10.0 Å². The lowest BCUT2D eigenvalue weighted by atomic mass is 9.91. The van der Waals surface area contributed by atoms with Gasteiger partial charge in [-0.25, -0.2) is 4.79 Å². The molecule has 1 heterocycles. The summed E-state index contributed by atoms with van der Waals surface area (Å²) in [5.74, 6) is -0.661. The summed E-state index contributed by atoms with van der Waals surface area (Å²) in [6.45, 7) is 2.49. The first-order chi connectivity index (χ1) is 8.12. The average Bonchev–Trinajstić information content (AvgIpc) is 2.97. The van der Waals surface area contributed by atoms with Gasteiger partial charge in [0.05, 0.1) is 0 Å². The van der Waals surface area contributed by atoms with E-state index in [0.717, 1.165) is 32.1 Å². The summed E-state index contributed by atoms with van der Waals surface area (Å²) < 4.78 is 0. The number of hydrogen-bond acceptors (Lipinski definition) is 2. The lowest BCUT2D eigenvalue weighted by molar-refractivity contribution is -0.158. The van der Waals surface area contributed by atoms with E-state index in [-0.39, 0.29) is 11.8 Å². The molecule has 1 unspecified atom stereocenters. The minimum absolute atomic E-state index is 0.0818. The Morgan fingerprint density at radius 3 is 2.47 bits per heavy atom. The Labute approximate surface area is 102 Å². The quantitative estimate of drug-likeness (QED) is 0.819. The molecule has 1 aliphatic carbocycles. The summed E-state index contributed by atoms with van der Waals surface area (Å²) in [4.78, 5) is 25.5. The largest absolute Gasteiger partial charge is 0.479 e. The number of carboxylic acids is 1. The first kappa shape index (κ1) is 12.4. The normalized spacial score (nSPS) is 29.8. The Kier molecular flexibility index (Phi) is 3.40. The van der Waals surface area contributed by atoms with Crippen molar-refractivity contribution in [2.24, 2.45) is 5.92 Å². The molecule has 1 aliphatic heterocycles. The van der Waals surface area contributed by atoms with E-state index < -0.39 is 11.5 Å². The van der Waals surface area contributed by atoms with Gasteiger partial charge in [0.15, 0.2) is 0 Å². The third-order valence-electron chi connectivity index (χ3n) is 4.44. The lowest BCUT2D eigenvalue weighted by Crippen LogP contribution is -2.54. The fourth-order valence-electron chi connectivity index (χ4n) is 3.33. The van der Waals surface area contributed by atoms with E-state index in [2.05, 4.69) is 0 Å². The molecule has 17 heavy (non-hydrogen) atoms. The van der Waals surface area contributed by atoms with Gasteiger partial charge in [-0.3, -0.25) is 4.79 Å². The van der Waals surface area contributed by atoms with Crippen molar-refractivity contribution in [3.8, 4) is 0 Å². The molecule has 1 amide bonds. The van der Waals surface area contributed by atoms with Crippen LogP contribution >= 0.6 is 0 Å². The zero-order valence-electron chi connectivity index (χ0n) is 10.4. The molecule has 1 atom stereocenters. The van der Waals surface area contributed by atoms with Crippen LogP contribution in [-0.4, -0.2) is 34.0 Å². The number of carboxylic acid groups (broad SMARTS) is 1. The number of aliphatic carboxylic acids is 1. The molecule has 2 rings (SSSR count). The monoisotopic (exact) mass is 239 g/mol. The van der Waals surface area contributed by atoms with E-state index in [1.807, 2.05) is 6.92 Å². The minimum atomic E-state index is -0.917. The summed E-state index contributed by atoms with van der Waals surface area (Å²) in [7, 11) is 0. The Hall–Kier alpha value is -1.06. The van der Waals surface area contributed by atoms with Crippen molar-refractivity contribution < 1.29 is 14.7 Å². The fourth-order valence-corrected chi connectivity index (χ4v) is 3.33. The average molecular weight is 239 g/mol. The van der Waals surface area contributed by atoms with Gasteiger partial charge in [0.25, 0.3) is 0 Å². The molecule has 0 bridgehead atoms. The summed E-state index contributed by atoms with van der Waals surface area (Å²) in [5.41, 5.74) is -0.917. The number of amides is 1. The molecular formula is C13H21NO3. The van der Waals surface area contributed by atoms with Gasteiger partial charge in [-0.2, -0.15) is 0 Å². The van der Waals surface area contributed by atoms with Gasteiger partial charge in [-0.05, 0) is 32.1 Å². The molecule has 1 saturated carbocycles. The van der Waals surface area contributed by atoms with Crippen molar-refractivity contribution in [1.29, 1.82) is 0 Å². The second-order valence-corrected chi connectivity index (χ2v) is 5.27. The standard InChI is InChI=1S/C13H21NO3/c1-2-13(12(16)17)8-5-9-14(13)11(15)10-6-3-4-7-10/h10H,2-9H2,1H3,(H,16,17). The van der Waals surface area contributed by atoms with Crippen LogP contribution in [0.2, 0.25) is 0 Å². The zero-order chi connectivity index (χ0) is 12.5. The molecule has 0 aromatic rings. The maximum Gasteiger partial charge on any atom is 0.329 e. The van der Waals surface area contributed by atoms with Gasteiger partial charge in [-0.15, -0.1) is 0 Å². The van der Waals surface area contributed by atoms with E-state index in [9.17, 15) is 14.7 Å². The molecular weight excluding hydrogens is 218 g/mol. The predicted octanol–water partition coefficient (Wildman–Crippen LogP) is 2.03. The van der Waals surface area contributed by atoms with Gasteiger partial charge in [0.1, 0.15) is 5.54 Å². The number of hydrogen-bond donors (Lipinski definition) is 1. The number of nitrogens with zero attached hydrogens (tertiary/aromatic N) is 1. The number of carbonyl (C=O) groups excluding carboxylic acids is 1. The van der Waals surface area contributed by atoms with E-state index in [1.165, 1.54) is 0 Å². The number of likely N-dealkylation sites (tertiary alicyclic amines) is 1. The molecule has 1 N–H and O–H groups in total. The van der Waals surface area contributed by atoms with Crippen molar-refractivity contribution >= 4 is 11.9 Å². The predicted molar refractivity (Wildman–Crippen MR) is 63.6 cm³/mol. The smallest absolute Gasteiger partial charge is 0.329 e. The molecule has 0 radical (unpaired) electrons. The highest BCUT2D eigenvalue weighted by Gasteiger charge is 2.49. The molecule has 96 valence electrons. The maximum atomic E-state index is 12.4. The Balaban J connectivity index is 2.18. The molecule has 2 aliphatic rings. The van der Waals surface area contributed by atoms with E-state index in [4.69, 9.17) is 0 Å². The molecule has 4 nitrogen and oxygen atoms in total. The van der Waals surface area contributed by atoms with Crippen molar-refractivity contribution in [2.45, 2.75) is 57.4 Å². The second-order valence-electron chi connectivity index (χ2n) is 5.27. The third-order valence-corrected chi connectivity index (χ3v) is 4.44. The van der Waals surface area contributed by atoms with Crippen LogP contribution in [0.25, 0.3) is 0 Å². The van der Waals surface area contributed by atoms with Gasteiger partial charge in [0.2, 0.25) is 5.91 Å². The van der Waals surface area contributed by atoms with Crippen molar-refractivity contribution in [3.63, 3.8) is 0 Å². The van der Waals surface area contributed by atoms with Crippen LogP contribution in [0.5, 0.6) is 0 Å². The zero-order valence-corrected chi connectivity index (χ0v) is 10.4. The highest BCUT2D eigenvalue weighted by molar-refractivity contribution is 5.89. The van der Waals surface area contributed by atoms with Crippen molar-refractivity contribution in [1.82, 2.24) is 4.90 Å². The molecule has 2 fully saturated rings. The van der Waals surface area contributed by atoms with Crippen molar-refractivity contribution in [3.05, 3.63) is 0 Å². The summed E-state index contributed by atoms with van der Waals surface area (Å²) in [6.07, 6.45) is 6.03. The highest BCUT2D eigenvalue weighted by atomic mass is 16.4. The van der Waals surface area contributed by atoms with E-state index >= 15 is 0 Å². The molecule has 1 saturated heterocycles. The number of rotatable bonds is 3. The van der Waals surface area contributed by atoms with Gasteiger partial charge >= 0.3 is 5.97 Å². The topological polar surface area (TPSA) is 57.6 Å². The lowest BCUT2D eigenvalue weighted by Gasteiger charge is -2.35. The van der Waals surface area contributed by atoms with Crippen LogP contribution in [0, 0.1) is 5.92 Å². The van der Waals surface area contributed by atoms with Gasteiger partial charge in [0, 0.05) is 12.5 Å². The van der Waals surface area contributed by atoms with Crippen LogP contribution in [0.4, 0.5) is 0 Å². The second kappa shape index (κ2) is 4.67. The van der Waals surface area contributed by atoms with Crippen molar-refractivity contribution in [2.75, 3.05) is 6.54 Å². The van der Waals surface area contributed by atoms with E-state index in [0.29, 0.717) is 19.4 Å². The SMILES string of the molecule is CCC1(C(=O)O)CCCN1C(=O)C1CCCC1. The van der Waals surface area contributed by atoms with Gasteiger partial charge in [-0.1, -0.05) is 19.8 Å². The summed E-state index contributed by atoms with van der Waals surface area (Å²) >= 11 is 0. The Bertz CT molecular complexity index is 323. The first-order valence-electron chi connectivity index (χ1n) is 6.66. The third kappa shape index (κ3) is 1.94. The van der Waals surface area contributed by atoms with Crippen LogP contribution in [0.3, 0.4) is 0 Å². The first-order valence-corrected chi connectivity index (χ1v) is 6.66. The number of carbonyl (C=O) groups is 2.